The van der Waals surface area contributed by atoms with Crippen LogP contribution in [0, 0.1) is 46.3 Å². The molecule has 3 fully saturated rings. The van der Waals surface area contributed by atoms with Gasteiger partial charge in [0.2, 0.25) is 0 Å². The first kappa shape index (κ1) is 22.5. The van der Waals surface area contributed by atoms with Crippen LogP contribution in [0.15, 0.2) is 11.6 Å². The number of hydrogen-bond acceptors (Lipinski definition) is 3. The standard InChI is InChI=1S/C27H45NO2/c1-17(16-28)5-10-25(30)18(2)22-8-9-23-21-7-6-19-15-20(29)11-13-26(19,3)24(21)12-14-27(22,23)4/h6,17-18,20-24,29H,5,7-16,28H2,1-4H3/t17?,18-,20?,21-,22+,23-,24-,26-,27+/m0/s1. The van der Waals surface area contributed by atoms with Gasteiger partial charge in [0.1, 0.15) is 5.78 Å². The molecule has 0 bridgehead atoms. The molecule has 0 aromatic heterocycles. The quantitative estimate of drug-likeness (QED) is 0.563. The Balaban J connectivity index is 1.49. The molecule has 3 heteroatoms. The van der Waals surface area contributed by atoms with Gasteiger partial charge < -0.3 is 10.8 Å². The van der Waals surface area contributed by atoms with Gasteiger partial charge in [-0.3, -0.25) is 4.79 Å². The van der Waals surface area contributed by atoms with Gasteiger partial charge in [-0.15, -0.1) is 0 Å². The second-order valence-corrected chi connectivity index (χ2v) is 12.0. The summed E-state index contributed by atoms with van der Waals surface area (Å²) < 4.78 is 0. The molecule has 0 amide bonds. The highest BCUT2D eigenvalue weighted by atomic mass is 16.3. The van der Waals surface area contributed by atoms with Crippen LogP contribution in [0.1, 0.15) is 91.9 Å². The predicted molar refractivity (Wildman–Crippen MR) is 123 cm³/mol. The van der Waals surface area contributed by atoms with E-state index >= 15 is 0 Å². The van der Waals surface area contributed by atoms with E-state index in [0.29, 0.717) is 41.4 Å². The van der Waals surface area contributed by atoms with Crippen molar-refractivity contribution < 1.29 is 9.90 Å². The summed E-state index contributed by atoms with van der Waals surface area (Å²) >= 11 is 0. The SMILES string of the molecule is CC(CN)CCC(=O)[C@@H](C)[C@H]1CC[C@H]2[C@@H]3CC=C4CC(O)CC[C@]4(C)[C@H]3CC[C@]12C. The van der Waals surface area contributed by atoms with E-state index in [4.69, 9.17) is 5.73 Å². The van der Waals surface area contributed by atoms with Crippen LogP contribution in [0.4, 0.5) is 0 Å². The Hall–Kier alpha value is -0.670. The van der Waals surface area contributed by atoms with Crippen molar-refractivity contribution in [3.05, 3.63) is 11.6 Å². The van der Waals surface area contributed by atoms with E-state index in [0.717, 1.165) is 43.4 Å². The molecule has 9 atom stereocenters. The Morgan fingerprint density at radius 1 is 1.17 bits per heavy atom. The van der Waals surface area contributed by atoms with Gasteiger partial charge in [0.25, 0.3) is 0 Å². The first-order valence-electron chi connectivity index (χ1n) is 12.8. The van der Waals surface area contributed by atoms with Crippen LogP contribution in [0.25, 0.3) is 0 Å². The third-order valence-electron chi connectivity index (χ3n) is 10.5. The van der Waals surface area contributed by atoms with Crippen LogP contribution in [0.3, 0.4) is 0 Å². The summed E-state index contributed by atoms with van der Waals surface area (Å²) in [6.45, 7) is 10.1. The number of carbonyl (C=O) groups excluding carboxylic acids is 1. The highest BCUT2D eigenvalue weighted by Gasteiger charge is 2.59. The Morgan fingerprint density at radius 3 is 2.67 bits per heavy atom. The summed E-state index contributed by atoms with van der Waals surface area (Å²) in [5, 5.41) is 10.2. The van der Waals surface area contributed by atoms with E-state index in [9.17, 15) is 9.90 Å². The fourth-order valence-corrected chi connectivity index (χ4v) is 8.46. The number of carbonyl (C=O) groups is 1. The van der Waals surface area contributed by atoms with Gasteiger partial charge >= 0.3 is 0 Å². The second kappa shape index (κ2) is 8.35. The zero-order valence-electron chi connectivity index (χ0n) is 19.8. The Morgan fingerprint density at radius 2 is 1.93 bits per heavy atom. The van der Waals surface area contributed by atoms with Crippen LogP contribution in [0.5, 0.6) is 0 Å². The molecule has 0 spiro atoms. The lowest BCUT2D eigenvalue weighted by atomic mass is 9.47. The summed E-state index contributed by atoms with van der Waals surface area (Å²) in [4.78, 5) is 13.0. The zero-order valence-corrected chi connectivity index (χ0v) is 19.8. The van der Waals surface area contributed by atoms with Crippen molar-refractivity contribution in [2.75, 3.05) is 6.54 Å². The first-order chi connectivity index (χ1) is 14.2. The van der Waals surface area contributed by atoms with E-state index in [1.807, 2.05) is 0 Å². The van der Waals surface area contributed by atoms with Crippen LogP contribution >= 0.6 is 0 Å². The largest absolute Gasteiger partial charge is 0.393 e. The van der Waals surface area contributed by atoms with Crippen molar-refractivity contribution in [1.82, 2.24) is 0 Å². The average Bonchev–Trinajstić information content (AvgIpc) is 3.08. The molecule has 4 aliphatic rings. The molecule has 4 rings (SSSR count). The number of allylic oxidation sites excluding steroid dienone is 1. The molecule has 170 valence electrons. The molecule has 0 aliphatic heterocycles. The molecule has 3 N–H and O–H groups in total. The van der Waals surface area contributed by atoms with E-state index in [1.165, 1.54) is 32.1 Å². The number of hydrogen-bond donors (Lipinski definition) is 2. The summed E-state index contributed by atoms with van der Waals surface area (Å²) in [5.74, 6) is 3.98. The van der Waals surface area contributed by atoms with Gasteiger partial charge in [-0.1, -0.05) is 39.3 Å². The second-order valence-electron chi connectivity index (χ2n) is 12.0. The van der Waals surface area contributed by atoms with Gasteiger partial charge in [0.05, 0.1) is 6.10 Å². The van der Waals surface area contributed by atoms with Crippen molar-refractivity contribution in [2.45, 2.75) is 98.0 Å². The van der Waals surface area contributed by atoms with Gasteiger partial charge in [-0.05, 0) is 105 Å². The molecule has 3 saturated carbocycles. The molecule has 3 nitrogen and oxygen atoms in total. The lowest BCUT2D eigenvalue weighted by Crippen LogP contribution is -2.51. The molecule has 2 unspecified atom stereocenters. The third kappa shape index (κ3) is 3.62. The molecule has 4 aliphatic carbocycles. The van der Waals surface area contributed by atoms with Crippen molar-refractivity contribution in [3.8, 4) is 0 Å². The fourth-order valence-electron chi connectivity index (χ4n) is 8.46. The Labute approximate surface area is 184 Å². The third-order valence-corrected chi connectivity index (χ3v) is 10.5. The maximum absolute atomic E-state index is 13.0. The number of aliphatic hydroxyl groups is 1. The molecule has 30 heavy (non-hydrogen) atoms. The zero-order chi connectivity index (χ0) is 21.7. The number of nitrogens with two attached hydrogens (primary N) is 1. The van der Waals surface area contributed by atoms with Crippen LogP contribution in [-0.4, -0.2) is 23.5 Å². The van der Waals surface area contributed by atoms with E-state index in [-0.39, 0.29) is 12.0 Å². The Bertz CT molecular complexity index is 686. The number of rotatable bonds is 6. The maximum Gasteiger partial charge on any atom is 0.136 e. The molecule has 0 saturated heterocycles. The minimum absolute atomic E-state index is 0.126. The van der Waals surface area contributed by atoms with Crippen molar-refractivity contribution in [2.24, 2.45) is 52.1 Å². The fraction of sp³-hybridized carbons (Fsp3) is 0.889. The maximum atomic E-state index is 13.0. The molecular weight excluding hydrogens is 370 g/mol. The highest BCUT2D eigenvalue weighted by Crippen LogP contribution is 2.67. The number of ketones is 1. The summed E-state index contributed by atoms with van der Waals surface area (Å²) in [7, 11) is 0. The van der Waals surface area contributed by atoms with Gasteiger partial charge in [0.15, 0.2) is 0 Å². The smallest absolute Gasteiger partial charge is 0.136 e. The van der Waals surface area contributed by atoms with E-state index in [1.54, 1.807) is 5.57 Å². The first-order valence-corrected chi connectivity index (χ1v) is 12.8. The number of aliphatic hydroxyl groups excluding tert-OH is 1. The minimum atomic E-state index is -0.126. The minimum Gasteiger partial charge on any atom is -0.393 e. The number of Topliss-reactive ketones (excluding diaryl/α,β-unsaturated/α-hetero) is 1. The highest BCUT2D eigenvalue weighted by molar-refractivity contribution is 5.81. The van der Waals surface area contributed by atoms with E-state index < -0.39 is 0 Å². The average molecular weight is 416 g/mol. The summed E-state index contributed by atoms with van der Waals surface area (Å²) in [5.41, 5.74) is 7.95. The monoisotopic (exact) mass is 415 g/mol. The van der Waals surface area contributed by atoms with Crippen LogP contribution in [0.2, 0.25) is 0 Å². The lowest BCUT2D eigenvalue weighted by Gasteiger charge is -2.58. The molecule has 0 aromatic rings. The van der Waals surface area contributed by atoms with Crippen LogP contribution < -0.4 is 5.73 Å². The van der Waals surface area contributed by atoms with Gasteiger partial charge in [-0.25, -0.2) is 0 Å². The van der Waals surface area contributed by atoms with Crippen LogP contribution in [-0.2, 0) is 4.79 Å². The predicted octanol–water partition coefficient (Wildman–Crippen LogP) is 5.51. The number of fused-ring (bicyclic) bond motifs is 5. The van der Waals surface area contributed by atoms with Gasteiger partial charge in [0, 0.05) is 12.3 Å². The van der Waals surface area contributed by atoms with Gasteiger partial charge in [-0.2, -0.15) is 0 Å². The summed E-state index contributed by atoms with van der Waals surface area (Å²) in [6.07, 6.45) is 13.4. The molecule has 0 aromatic carbocycles. The molecule has 0 radical (unpaired) electrons. The normalized spacial score (nSPS) is 45.0. The lowest BCUT2D eigenvalue weighted by molar-refractivity contribution is -0.127. The van der Waals surface area contributed by atoms with Crippen molar-refractivity contribution >= 4 is 5.78 Å². The van der Waals surface area contributed by atoms with Crippen molar-refractivity contribution in [3.63, 3.8) is 0 Å². The molecule has 0 heterocycles. The van der Waals surface area contributed by atoms with Crippen molar-refractivity contribution in [1.29, 1.82) is 0 Å². The Kier molecular flexibility index (Phi) is 6.27. The van der Waals surface area contributed by atoms with E-state index in [2.05, 4.69) is 33.8 Å². The molecular formula is C27H45NO2. The topological polar surface area (TPSA) is 63.3 Å². The summed E-state index contributed by atoms with van der Waals surface area (Å²) in [6, 6.07) is 0.